The number of hydrogen-bond acceptors (Lipinski definition) is 4. The van der Waals surface area contributed by atoms with Crippen LogP contribution >= 0.6 is 0 Å². The molecule has 0 amide bonds. The van der Waals surface area contributed by atoms with E-state index in [-0.39, 0.29) is 0 Å². The Morgan fingerprint density at radius 2 is 1.38 bits per heavy atom. The second-order valence-electron chi connectivity index (χ2n) is 4.65. The third-order valence-corrected chi connectivity index (χ3v) is 2.10. The van der Waals surface area contributed by atoms with Gasteiger partial charge >= 0.3 is 0 Å². The molecule has 0 aromatic rings. The molecule has 5 N–H and O–H groups in total. The van der Waals surface area contributed by atoms with E-state index in [1.807, 2.05) is 0 Å². The van der Waals surface area contributed by atoms with Gasteiger partial charge in [0.1, 0.15) is 6.10 Å². The minimum absolute atomic E-state index is 0.463. The highest BCUT2D eigenvalue weighted by atomic mass is 16.4. The van der Waals surface area contributed by atoms with Gasteiger partial charge in [0.25, 0.3) is 0 Å². The quantitative estimate of drug-likeness (QED) is 0.482. The van der Waals surface area contributed by atoms with Gasteiger partial charge in [-0.1, -0.05) is 20.8 Å². The molecule has 0 aromatic carbocycles. The molecule has 80 valence electrons. The van der Waals surface area contributed by atoms with E-state index < -0.39 is 29.8 Å². The fraction of sp³-hybridized carbons (Fsp3) is 1.00. The van der Waals surface area contributed by atoms with Crippen LogP contribution < -0.4 is 5.73 Å². The van der Waals surface area contributed by atoms with Gasteiger partial charge in [-0.15, -0.1) is 0 Å². The van der Waals surface area contributed by atoms with Crippen molar-refractivity contribution in [2.75, 3.05) is 0 Å². The molecule has 13 heavy (non-hydrogen) atoms. The lowest BCUT2D eigenvalue weighted by Gasteiger charge is -2.33. The zero-order valence-corrected chi connectivity index (χ0v) is 8.73. The summed E-state index contributed by atoms with van der Waals surface area (Å²) in [5.41, 5.74) is 4.93. The van der Waals surface area contributed by atoms with Crippen LogP contribution in [0.15, 0.2) is 0 Å². The number of rotatable bonds is 3. The van der Waals surface area contributed by atoms with Crippen LogP contribution in [0.25, 0.3) is 0 Å². The molecule has 0 aliphatic heterocycles. The number of hydrogen-bond donors (Lipinski definition) is 4. The molecule has 0 aliphatic carbocycles. The summed E-state index contributed by atoms with van der Waals surface area (Å²) in [5, 5.41) is 28.5. The Morgan fingerprint density at radius 1 is 1.00 bits per heavy atom. The highest BCUT2D eigenvalue weighted by Gasteiger charge is 2.34. The van der Waals surface area contributed by atoms with Crippen molar-refractivity contribution in [2.45, 2.75) is 52.0 Å². The van der Waals surface area contributed by atoms with Crippen molar-refractivity contribution in [3.8, 4) is 0 Å². The number of aliphatic hydroxyl groups is 3. The summed E-state index contributed by atoms with van der Waals surface area (Å²) in [5.74, 6) is 0. The second-order valence-corrected chi connectivity index (χ2v) is 4.65. The fourth-order valence-corrected chi connectivity index (χ4v) is 1.01. The SMILES string of the molecule is CC(N)C(O)C(O)C(O)C(C)(C)C. The van der Waals surface area contributed by atoms with E-state index in [9.17, 15) is 15.3 Å². The Bertz CT molecular complexity index is 153. The minimum Gasteiger partial charge on any atom is -0.390 e. The third kappa shape index (κ3) is 3.60. The van der Waals surface area contributed by atoms with Crippen molar-refractivity contribution in [1.82, 2.24) is 0 Å². The summed E-state index contributed by atoms with van der Waals surface area (Å²) in [6.07, 6.45) is -3.26. The molecule has 0 radical (unpaired) electrons. The Morgan fingerprint density at radius 3 is 1.62 bits per heavy atom. The maximum atomic E-state index is 9.61. The normalized spacial score (nSPS) is 22.2. The van der Waals surface area contributed by atoms with Crippen LogP contribution in [0.5, 0.6) is 0 Å². The molecule has 0 saturated carbocycles. The van der Waals surface area contributed by atoms with Gasteiger partial charge in [-0.25, -0.2) is 0 Å². The predicted molar refractivity (Wildman–Crippen MR) is 51.1 cm³/mol. The van der Waals surface area contributed by atoms with Crippen LogP contribution in [0.3, 0.4) is 0 Å². The molecule has 0 heterocycles. The van der Waals surface area contributed by atoms with Gasteiger partial charge in [0.15, 0.2) is 0 Å². The molecule has 0 spiro atoms. The van der Waals surface area contributed by atoms with Crippen LogP contribution in [-0.2, 0) is 0 Å². The maximum Gasteiger partial charge on any atom is 0.108 e. The van der Waals surface area contributed by atoms with Crippen LogP contribution in [0, 0.1) is 5.41 Å². The Labute approximate surface area is 79.4 Å². The zero-order valence-electron chi connectivity index (χ0n) is 8.73. The van der Waals surface area contributed by atoms with Crippen molar-refractivity contribution in [3.63, 3.8) is 0 Å². The molecule has 0 aromatic heterocycles. The van der Waals surface area contributed by atoms with Gasteiger partial charge in [-0.3, -0.25) is 0 Å². The van der Waals surface area contributed by atoms with Gasteiger partial charge in [-0.2, -0.15) is 0 Å². The van der Waals surface area contributed by atoms with Crippen molar-refractivity contribution < 1.29 is 15.3 Å². The monoisotopic (exact) mass is 191 g/mol. The van der Waals surface area contributed by atoms with Crippen molar-refractivity contribution in [2.24, 2.45) is 11.1 Å². The largest absolute Gasteiger partial charge is 0.390 e. The molecule has 4 heteroatoms. The van der Waals surface area contributed by atoms with Gasteiger partial charge in [0, 0.05) is 6.04 Å². The zero-order chi connectivity index (χ0) is 10.8. The summed E-state index contributed by atoms with van der Waals surface area (Å²) >= 11 is 0. The highest BCUT2D eigenvalue weighted by molar-refractivity contribution is 4.87. The van der Waals surface area contributed by atoms with E-state index in [1.165, 1.54) is 0 Å². The Balaban J connectivity index is 4.34. The smallest absolute Gasteiger partial charge is 0.108 e. The molecule has 0 rings (SSSR count). The average molecular weight is 191 g/mol. The van der Waals surface area contributed by atoms with E-state index >= 15 is 0 Å². The molecule has 4 atom stereocenters. The van der Waals surface area contributed by atoms with Crippen molar-refractivity contribution in [3.05, 3.63) is 0 Å². The Kier molecular flexibility index (Phi) is 4.32. The lowest BCUT2D eigenvalue weighted by atomic mass is 9.83. The van der Waals surface area contributed by atoms with Crippen molar-refractivity contribution >= 4 is 0 Å². The van der Waals surface area contributed by atoms with Gasteiger partial charge < -0.3 is 21.1 Å². The van der Waals surface area contributed by atoms with Crippen LogP contribution in [-0.4, -0.2) is 39.7 Å². The van der Waals surface area contributed by atoms with E-state index in [2.05, 4.69) is 0 Å². The van der Waals surface area contributed by atoms with Crippen LogP contribution in [0.4, 0.5) is 0 Å². The summed E-state index contributed by atoms with van der Waals surface area (Å²) < 4.78 is 0. The molecule has 0 aliphatic rings. The molecular weight excluding hydrogens is 170 g/mol. The molecule has 0 bridgehead atoms. The first-order valence-electron chi connectivity index (χ1n) is 4.47. The highest BCUT2D eigenvalue weighted by Crippen LogP contribution is 2.23. The standard InChI is InChI=1S/C9H21NO3/c1-5(10)6(11)7(12)8(13)9(2,3)4/h5-8,11-13H,10H2,1-4H3. The molecular formula is C9H21NO3. The lowest BCUT2D eigenvalue weighted by Crippen LogP contribution is -2.50. The van der Waals surface area contributed by atoms with E-state index in [0.29, 0.717) is 0 Å². The van der Waals surface area contributed by atoms with Crippen molar-refractivity contribution in [1.29, 1.82) is 0 Å². The lowest BCUT2D eigenvalue weighted by molar-refractivity contribution is -0.103. The van der Waals surface area contributed by atoms with Gasteiger partial charge in [-0.05, 0) is 12.3 Å². The molecule has 0 saturated heterocycles. The molecule has 4 nitrogen and oxygen atoms in total. The second kappa shape index (κ2) is 4.37. The predicted octanol–water partition coefficient (Wildman–Crippen LogP) is -0.538. The van der Waals surface area contributed by atoms with Gasteiger partial charge in [0.05, 0.1) is 12.2 Å². The third-order valence-electron chi connectivity index (χ3n) is 2.10. The maximum absolute atomic E-state index is 9.61. The Hall–Kier alpha value is -0.160. The van der Waals surface area contributed by atoms with Gasteiger partial charge in [0.2, 0.25) is 0 Å². The van der Waals surface area contributed by atoms with Crippen LogP contribution in [0.1, 0.15) is 27.7 Å². The van der Waals surface area contributed by atoms with Crippen LogP contribution in [0.2, 0.25) is 0 Å². The first-order chi connectivity index (χ1) is 5.68. The van der Waals surface area contributed by atoms with E-state index in [4.69, 9.17) is 5.73 Å². The topological polar surface area (TPSA) is 86.7 Å². The number of aliphatic hydroxyl groups excluding tert-OH is 3. The molecule has 4 unspecified atom stereocenters. The van der Waals surface area contributed by atoms with E-state index in [1.54, 1.807) is 27.7 Å². The average Bonchev–Trinajstić information content (AvgIpc) is 1.98. The fourth-order valence-electron chi connectivity index (χ4n) is 1.01. The summed E-state index contributed by atoms with van der Waals surface area (Å²) in [6.45, 7) is 6.95. The summed E-state index contributed by atoms with van der Waals surface area (Å²) in [7, 11) is 0. The molecule has 0 fully saturated rings. The summed E-state index contributed by atoms with van der Waals surface area (Å²) in [4.78, 5) is 0. The minimum atomic E-state index is -1.19. The summed E-state index contributed by atoms with van der Waals surface area (Å²) in [6, 6.07) is -0.549. The first kappa shape index (κ1) is 12.8. The first-order valence-corrected chi connectivity index (χ1v) is 4.47. The number of nitrogens with two attached hydrogens (primary N) is 1. The van der Waals surface area contributed by atoms with E-state index in [0.717, 1.165) is 0 Å².